The number of aliphatic carboxylic acids is 1. The molecular weight excluding hydrogens is 238 g/mol. The number of benzene rings is 2. The summed E-state index contributed by atoms with van der Waals surface area (Å²) >= 11 is 0. The number of hydrogen-bond acceptors (Lipinski definition) is 2. The highest BCUT2D eigenvalue weighted by Gasteiger charge is 2.18. The second-order valence-electron chi connectivity index (χ2n) is 4.57. The summed E-state index contributed by atoms with van der Waals surface area (Å²) < 4.78 is 0. The summed E-state index contributed by atoms with van der Waals surface area (Å²) in [6.45, 7) is 0. The maximum atomic E-state index is 11.2. The van der Waals surface area contributed by atoms with E-state index in [9.17, 15) is 9.90 Å². The van der Waals surface area contributed by atoms with E-state index in [1.165, 1.54) is 0 Å². The molecule has 2 aromatic carbocycles. The number of carboxylic acid groups (broad SMARTS) is 1. The number of carboxylic acids is 1. The lowest BCUT2D eigenvalue weighted by molar-refractivity contribution is -0.141. The summed E-state index contributed by atoms with van der Waals surface area (Å²) in [6.07, 6.45) is 1.15. The molecule has 0 aliphatic carbocycles. The Kier molecular flexibility index (Phi) is 4.15. The molecule has 0 amide bonds. The third-order valence-electron chi connectivity index (χ3n) is 3.30. The van der Waals surface area contributed by atoms with Crippen LogP contribution in [0.5, 0.6) is 0 Å². The quantitative estimate of drug-likeness (QED) is 0.888. The Hall–Kier alpha value is -2.34. The first-order valence-electron chi connectivity index (χ1n) is 6.28. The van der Waals surface area contributed by atoms with E-state index in [1.807, 2.05) is 48.5 Å². The molecule has 0 aromatic heterocycles. The van der Waals surface area contributed by atoms with Crippen LogP contribution in [0.25, 0.3) is 10.8 Å². The van der Waals surface area contributed by atoms with Crippen LogP contribution in [0.3, 0.4) is 0 Å². The number of fused-ring (bicyclic) bond motifs is 1. The molecule has 0 aliphatic rings. The van der Waals surface area contributed by atoms with Crippen molar-refractivity contribution in [1.82, 2.24) is 0 Å². The van der Waals surface area contributed by atoms with E-state index in [4.69, 9.17) is 5.26 Å². The van der Waals surface area contributed by atoms with Gasteiger partial charge in [-0.2, -0.15) is 5.26 Å². The molecule has 2 aromatic rings. The monoisotopic (exact) mass is 253 g/mol. The van der Waals surface area contributed by atoms with Gasteiger partial charge in [-0.15, -0.1) is 0 Å². The van der Waals surface area contributed by atoms with E-state index >= 15 is 0 Å². The maximum Gasteiger partial charge on any atom is 0.306 e. The summed E-state index contributed by atoms with van der Waals surface area (Å²) in [5.41, 5.74) is 1.03. The van der Waals surface area contributed by atoms with Gasteiger partial charge >= 0.3 is 5.97 Å². The molecule has 0 aliphatic heterocycles. The van der Waals surface area contributed by atoms with Crippen molar-refractivity contribution in [2.75, 3.05) is 0 Å². The van der Waals surface area contributed by atoms with Crippen molar-refractivity contribution in [2.45, 2.75) is 19.3 Å². The highest BCUT2D eigenvalue weighted by molar-refractivity contribution is 5.86. The fourth-order valence-electron chi connectivity index (χ4n) is 2.29. The van der Waals surface area contributed by atoms with E-state index < -0.39 is 11.9 Å². The second-order valence-corrected chi connectivity index (χ2v) is 4.57. The fraction of sp³-hybridized carbons (Fsp3) is 0.250. The summed E-state index contributed by atoms with van der Waals surface area (Å²) in [7, 11) is 0. The Labute approximate surface area is 112 Å². The summed E-state index contributed by atoms with van der Waals surface area (Å²) in [5, 5.41) is 20.0. The van der Waals surface area contributed by atoms with Gasteiger partial charge in [-0.3, -0.25) is 4.79 Å². The highest BCUT2D eigenvalue weighted by Crippen LogP contribution is 2.23. The number of hydrogen-bond donors (Lipinski definition) is 1. The van der Waals surface area contributed by atoms with Gasteiger partial charge in [-0.05, 0) is 29.2 Å². The van der Waals surface area contributed by atoms with Crippen LogP contribution >= 0.6 is 0 Å². The van der Waals surface area contributed by atoms with Gasteiger partial charge in [0.1, 0.15) is 0 Å². The van der Waals surface area contributed by atoms with Crippen molar-refractivity contribution in [3.8, 4) is 6.07 Å². The first-order valence-corrected chi connectivity index (χ1v) is 6.28. The van der Waals surface area contributed by atoms with E-state index in [1.54, 1.807) is 0 Å². The van der Waals surface area contributed by atoms with E-state index in [-0.39, 0.29) is 6.42 Å². The van der Waals surface area contributed by atoms with Crippen LogP contribution in [0.15, 0.2) is 42.5 Å². The van der Waals surface area contributed by atoms with Crippen molar-refractivity contribution < 1.29 is 9.90 Å². The minimum Gasteiger partial charge on any atom is -0.481 e. The van der Waals surface area contributed by atoms with Gasteiger partial charge in [-0.25, -0.2) is 0 Å². The van der Waals surface area contributed by atoms with Gasteiger partial charge in [0.2, 0.25) is 0 Å². The molecular formula is C16H15NO2. The van der Waals surface area contributed by atoms with Crippen LogP contribution in [0.1, 0.15) is 18.4 Å². The Bertz CT molecular complexity index is 623. The Morgan fingerprint density at radius 1 is 1.21 bits per heavy atom. The summed E-state index contributed by atoms with van der Waals surface area (Å²) in [5.74, 6) is -1.33. The van der Waals surface area contributed by atoms with Crippen molar-refractivity contribution in [3.63, 3.8) is 0 Å². The zero-order chi connectivity index (χ0) is 13.7. The molecule has 1 N–H and O–H groups in total. The predicted octanol–water partition coefficient (Wildman–Crippen LogP) is 3.39. The molecule has 0 bridgehead atoms. The minimum absolute atomic E-state index is 0.279. The van der Waals surface area contributed by atoms with E-state index in [0.717, 1.165) is 16.3 Å². The van der Waals surface area contributed by atoms with Gasteiger partial charge in [0.25, 0.3) is 0 Å². The third-order valence-corrected chi connectivity index (χ3v) is 3.30. The van der Waals surface area contributed by atoms with Gasteiger partial charge in [0, 0.05) is 6.42 Å². The van der Waals surface area contributed by atoms with Crippen LogP contribution in [-0.4, -0.2) is 11.1 Å². The van der Waals surface area contributed by atoms with Crippen molar-refractivity contribution >= 4 is 16.7 Å². The zero-order valence-electron chi connectivity index (χ0n) is 10.5. The lowest BCUT2D eigenvalue weighted by atomic mass is 9.92. The smallest absolute Gasteiger partial charge is 0.306 e. The topological polar surface area (TPSA) is 61.1 Å². The normalized spacial score (nSPS) is 11.9. The van der Waals surface area contributed by atoms with E-state index in [0.29, 0.717) is 12.8 Å². The fourth-order valence-corrected chi connectivity index (χ4v) is 2.29. The summed E-state index contributed by atoms with van der Waals surface area (Å²) in [6, 6.07) is 15.9. The number of rotatable bonds is 5. The SMILES string of the molecule is N#CCCC(Cc1cccc2ccccc12)C(=O)O. The maximum absolute atomic E-state index is 11.2. The average molecular weight is 253 g/mol. The molecule has 0 fully saturated rings. The molecule has 3 heteroatoms. The standard InChI is InChI=1S/C16H15NO2/c17-10-4-8-14(16(18)19)11-13-7-3-6-12-5-1-2-9-15(12)13/h1-3,5-7,9,14H,4,8,11H2,(H,18,19). The van der Waals surface area contributed by atoms with Gasteiger partial charge < -0.3 is 5.11 Å². The van der Waals surface area contributed by atoms with Gasteiger partial charge in [0.15, 0.2) is 0 Å². The zero-order valence-corrected chi connectivity index (χ0v) is 10.5. The molecule has 0 heterocycles. The third kappa shape index (κ3) is 3.11. The number of carbonyl (C=O) groups is 1. The molecule has 1 unspecified atom stereocenters. The van der Waals surface area contributed by atoms with E-state index in [2.05, 4.69) is 0 Å². The molecule has 1 atom stereocenters. The number of nitriles is 1. The minimum atomic E-state index is -0.830. The van der Waals surface area contributed by atoms with Crippen molar-refractivity contribution in [1.29, 1.82) is 5.26 Å². The number of nitrogens with zero attached hydrogens (tertiary/aromatic N) is 1. The highest BCUT2D eigenvalue weighted by atomic mass is 16.4. The predicted molar refractivity (Wildman–Crippen MR) is 73.6 cm³/mol. The average Bonchev–Trinajstić information content (AvgIpc) is 2.43. The largest absolute Gasteiger partial charge is 0.481 e. The first kappa shape index (κ1) is 13.1. The van der Waals surface area contributed by atoms with Crippen molar-refractivity contribution in [3.05, 3.63) is 48.0 Å². The van der Waals surface area contributed by atoms with Gasteiger partial charge in [-0.1, -0.05) is 42.5 Å². The summed E-state index contributed by atoms with van der Waals surface area (Å²) in [4.78, 5) is 11.2. The molecule has 19 heavy (non-hydrogen) atoms. The van der Waals surface area contributed by atoms with Crippen LogP contribution in [-0.2, 0) is 11.2 Å². The van der Waals surface area contributed by atoms with Crippen molar-refractivity contribution in [2.24, 2.45) is 5.92 Å². The molecule has 2 rings (SSSR count). The Morgan fingerprint density at radius 3 is 2.68 bits per heavy atom. The molecule has 0 saturated heterocycles. The van der Waals surface area contributed by atoms with Crippen LogP contribution < -0.4 is 0 Å². The van der Waals surface area contributed by atoms with Crippen LogP contribution in [0.4, 0.5) is 0 Å². The second kappa shape index (κ2) is 6.01. The lowest BCUT2D eigenvalue weighted by Crippen LogP contribution is -2.16. The molecule has 0 saturated carbocycles. The van der Waals surface area contributed by atoms with Crippen LogP contribution in [0, 0.1) is 17.2 Å². The molecule has 96 valence electrons. The van der Waals surface area contributed by atoms with Crippen LogP contribution in [0.2, 0.25) is 0 Å². The Morgan fingerprint density at radius 2 is 1.95 bits per heavy atom. The molecule has 0 spiro atoms. The first-order chi connectivity index (χ1) is 9.22. The van der Waals surface area contributed by atoms with Gasteiger partial charge in [0.05, 0.1) is 12.0 Å². The molecule has 3 nitrogen and oxygen atoms in total. The lowest BCUT2D eigenvalue weighted by Gasteiger charge is -2.12. The Balaban J connectivity index is 2.29. The molecule has 0 radical (unpaired) electrons.